The van der Waals surface area contributed by atoms with Crippen LogP contribution in [0.5, 0.6) is 0 Å². The highest BCUT2D eigenvalue weighted by atomic mass is 16.4. The summed E-state index contributed by atoms with van der Waals surface area (Å²) in [5.41, 5.74) is -0.520. The molecule has 4 aliphatic rings. The second-order valence-corrected chi connectivity index (χ2v) is 5.81. The summed E-state index contributed by atoms with van der Waals surface area (Å²) in [6.07, 6.45) is 6.10. The molecule has 0 aliphatic heterocycles. The quantitative estimate of drug-likeness (QED) is 0.620. The summed E-state index contributed by atoms with van der Waals surface area (Å²) in [5, 5.41) is 10.8. The maximum absolute atomic E-state index is 11.7. The van der Waals surface area contributed by atoms with Gasteiger partial charge < -0.3 is 9.90 Å². The number of rotatable bonds is 2. The van der Waals surface area contributed by atoms with Crippen molar-refractivity contribution < 1.29 is 14.7 Å². The minimum absolute atomic E-state index is 0.520. The average molecular weight is 207 g/mol. The molecule has 0 aromatic rings. The highest BCUT2D eigenvalue weighted by Crippen LogP contribution is 2.60. The van der Waals surface area contributed by atoms with E-state index >= 15 is 0 Å². The SMILES string of the molecule is O=C([O-])C(=O)C12CC3CC(CC(C3)C1)C2. The number of hydrogen-bond donors (Lipinski definition) is 0. The van der Waals surface area contributed by atoms with E-state index in [9.17, 15) is 14.7 Å². The first-order valence-corrected chi connectivity index (χ1v) is 5.85. The Morgan fingerprint density at radius 3 is 1.67 bits per heavy atom. The lowest BCUT2D eigenvalue weighted by Gasteiger charge is -2.55. The van der Waals surface area contributed by atoms with Gasteiger partial charge in [0.25, 0.3) is 0 Å². The molecule has 4 bridgehead atoms. The lowest BCUT2D eigenvalue weighted by atomic mass is 9.48. The molecule has 0 amide bonds. The number of hydrogen-bond acceptors (Lipinski definition) is 3. The summed E-state index contributed by atoms with van der Waals surface area (Å²) in [6, 6.07) is 0. The molecule has 0 aromatic heterocycles. The molecule has 3 heteroatoms. The zero-order chi connectivity index (χ0) is 10.6. The van der Waals surface area contributed by atoms with Crippen LogP contribution in [-0.4, -0.2) is 11.8 Å². The van der Waals surface area contributed by atoms with Crippen molar-refractivity contribution in [3.8, 4) is 0 Å². The number of carbonyl (C=O) groups is 2. The molecule has 3 nitrogen and oxygen atoms in total. The predicted molar refractivity (Wildman–Crippen MR) is 50.6 cm³/mol. The molecule has 4 rings (SSSR count). The summed E-state index contributed by atoms with van der Waals surface area (Å²) >= 11 is 0. The van der Waals surface area contributed by atoms with Crippen molar-refractivity contribution in [2.75, 3.05) is 0 Å². The first-order chi connectivity index (χ1) is 7.09. The molecule has 0 saturated heterocycles. The number of ketones is 1. The van der Waals surface area contributed by atoms with Gasteiger partial charge in [0.15, 0.2) is 5.78 Å². The lowest BCUT2D eigenvalue weighted by molar-refractivity contribution is -0.302. The minimum atomic E-state index is -1.46. The fourth-order valence-electron chi connectivity index (χ4n) is 4.61. The Balaban J connectivity index is 1.93. The van der Waals surface area contributed by atoms with Crippen LogP contribution < -0.4 is 5.11 Å². The van der Waals surface area contributed by atoms with Crippen LogP contribution in [0.2, 0.25) is 0 Å². The van der Waals surface area contributed by atoms with Crippen molar-refractivity contribution in [1.82, 2.24) is 0 Å². The molecule has 82 valence electrons. The normalized spacial score (nSPS) is 46.8. The van der Waals surface area contributed by atoms with Crippen LogP contribution >= 0.6 is 0 Å². The van der Waals surface area contributed by atoms with Crippen LogP contribution in [0.4, 0.5) is 0 Å². The van der Waals surface area contributed by atoms with Gasteiger partial charge in [0.2, 0.25) is 0 Å². The molecular weight excluding hydrogens is 192 g/mol. The number of Topliss-reactive ketones (excluding diaryl/α,β-unsaturated/α-hetero) is 1. The van der Waals surface area contributed by atoms with Crippen molar-refractivity contribution in [3.05, 3.63) is 0 Å². The highest BCUT2D eigenvalue weighted by molar-refractivity contribution is 6.34. The fraction of sp³-hybridized carbons (Fsp3) is 0.833. The first kappa shape index (κ1) is 9.37. The number of aliphatic carboxylic acids is 1. The Kier molecular flexibility index (Phi) is 1.77. The molecule has 0 atom stereocenters. The van der Waals surface area contributed by atoms with E-state index in [-0.39, 0.29) is 0 Å². The van der Waals surface area contributed by atoms with Gasteiger partial charge in [0.1, 0.15) is 5.97 Å². The average Bonchev–Trinajstić information content (AvgIpc) is 2.14. The molecule has 15 heavy (non-hydrogen) atoms. The van der Waals surface area contributed by atoms with Crippen LogP contribution in [0.3, 0.4) is 0 Å². The van der Waals surface area contributed by atoms with E-state index in [0.717, 1.165) is 19.3 Å². The molecular formula is C12H15O3-. The third kappa shape index (κ3) is 1.25. The third-order valence-electron chi connectivity index (χ3n) is 4.71. The van der Waals surface area contributed by atoms with Gasteiger partial charge in [0, 0.05) is 5.41 Å². The fourth-order valence-corrected chi connectivity index (χ4v) is 4.61. The largest absolute Gasteiger partial charge is 0.542 e. The van der Waals surface area contributed by atoms with E-state index in [0.29, 0.717) is 17.8 Å². The number of carboxylic acid groups (broad SMARTS) is 1. The van der Waals surface area contributed by atoms with Gasteiger partial charge in [-0.15, -0.1) is 0 Å². The van der Waals surface area contributed by atoms with Gasteiger partial charge >= 0.3 is 0 Å². The van der Waals surface area contributed by atoms with E-state index in [1.54, 1.807) is 0 Å². The molecule has 0 spiro atoms. The van der Waals surface area contributed by atoms with Gasteiger partial charge in [0.05, 0.1) is 0 Å². The van der Waals surface area contributed by atoms with Gasteiger partial charge in [-0.05, 0) is 56.3 Å². The van der Waals surface area contributed by atoms with Crippen LogP contribution in [-0.2, 0) is 9.59 Å². The molecule has 4 saturated carbocycles. The van der Waals surface area contributed by atoms with Crippen molar-refractivity contribution in [3.63, 3.8) is 0 Å². The van der Waals surface area contributed by atoms with Crippen molar-refractivity contribution in [1.29, 1.82) is 0 Å². The van der Waals surface area contributed by atoms with E-state index < -0.39 is 17.2 Å². The Morgan fingerprint density at radius 2 is 1.33 bits per heavy atom. The molecule has 0 heterocycles. The van der Waals surface area contributed by atoms with Gasteiger partial charge in [-0.3, -0.25) is 4.79 Å². The van der Waals surface area contributed by atoms with Crippen LogP contribution in [0.25, 0.3) is 0 Å². The second-order valence-electron chi connectivity index (χ2n) is 5.81. The summed E-state index contributed by atoms with van der Waals surface area (Å²) < 4.78 is 0. The molecule has 0 N–H and O–H groups in total. The van der Waals surface area contributed by atoms with E-state index in [1.165, 1.54) is 19.3 Å². The Hall–Kier alpha value is -0.860. The standard InChI is InChI=1S/C12H16O3/c13-10(11(14)15)12-4-7-1-8(5-12)3-9(2-7)6-12/h7-9H,1-6H2,(H,14,15)/p-1. The predicted octanol–water partition coefficient (Wildman–Crippen LogP) is 0.522. The van der Waals surface area contributed by atoms with Gasteiger partial charge in [-0.1, -0.05) is 0 Å². The second kappa shape index (κ2) is 2.83. The Morgan fingerprint density at radius 1 is 0.933 bits per heavy atom. The third-order valence-corrected chi connectivity index (χ3v) is 4.71. The minimum Gasteiger partial charge on any atom is -0.542 e. The molecule has 0 radical (unpaired) electrons. The van der Waals surface area contributed by atoms with Crippen molar-refractivity contribution in [2.45, 2.75) is 38.5 Å². The van der Waals surface area contributed by atoms with E-state index in [1.807, 2.05) is 0 Å². The lowest BCUT2D eigenvalue weighted by Crippen LogP contribution is -2.54. The van der Waals surface area contributed by atoms with Crippen molar-refractivity contribution >= 4 is 11.8 Å². The molecule has 0 unspecified atom stereocenters. The highest BCUT2D eigenvalue weighted by Gasteiger charge is 2.54. The molecule has 4 aliphatic carbocycles. The van der Waals surface area contributed by atoms with Gasteiger partial charge in [-0.25, -0.2) is 0 Å². The summed E-state index contributed by atoms with van der Waals surface area (Å²) in [4.78, 5) is 22.5. The maximum atomic E-state index is 11.7. The first-order valence-electron chi connectivity index (χ1n) is 5.85. The Labute approximate surface area is 88.9 Å². The number of carbonyl (C=O) groups excluding carboxylic acids is 2. The Bertz CT molecular complexity index is 296. The molecule has 4 fully saturated rings. The van der Waals surface area contributed by atoms with Crippen LogP contribution in [0.15, 0.2) is 0 Å². The van der Waals surface area contributed by atoms with Crippen molar-refractivity contribution in [2.24, 2.45) is 23.2 Å². The summed E-state index contributed by atoms with van der Waals surface area (Å²) in [7, 11) is 0. The van der Waals surface area contributed by atoms with E-state index in [2.05, 4.69) is 0 Å². The van der Waals surface area contributed by atoms with Crippen LogP contribution in [0, 0.1) is 23.2 Å². The topological polar surface area (TPSA) is 57.2 Å². The summed E-state index contributed by atoms with van der Waals surface area (Å²) in [6.45, 7) is 0. The molecule has 0 aromatic carbocycles. The van der Waals surface area contributed by atoms with E-state index in [4.69, 9.17) is 0 Å². The smallest absolute Gasteiger partial charge is 0.184 e. The zero-order valence-corrected chi connectivity index (χ0v) is 8.70. The zero-order valence-electron chi connectivity index (χ0n) is 8.70. The monoisotopic (exact) mass is 207 g/mol. The van der Waals surface area contributed by atoms with Gasteiger partial charge in [-0.2, -0.15) is 0 Å². The summed E-state index contributed by atoms with van der Waals surface area (Å²) in [5.74, 6) is -0.239. The van der Waals surface area contributed by atoms with Crippen LogP contribution in [0.1, 0.15) is 38.5 Å². The maximum Gasteiger partial charge on any atom is 0.184 e. The number of carboxylic acids is 1.